The molecule has 0 aliphatic carbocycles. The fourth-order valence-corrected chi connectivity index (χ4v) is 2.77. The van der Waals surface area contributed by atoms with Crippen molar-refractivity contribution >= 4 is 34.8 Å². The van der Waals surface area contributed by atoms with Crippen LogP contribution in [0.3, 0.4) is 0 Å². The van der Waals surface area contributed by atoms with Gasteiger partial charge >= 0.3 is 0 Å². The Hall–Kier alpha value is -0.730. The lowest BCUT2D eigenvalue weighted by atomic mass is 10.1. The standard InChI is InChI=1S/C16H16Cl3N/c17-8-9-20(11-13-4-2-1-3-5-13)12-14-6-7-15(18)10-16(14)19/h1-7,10H,8-9,11-12H2. The van der Waals surface area contributed by atoms with Crippen molar-refractivity contribution in [3.63, 3.8) is 0 Å². The average Bonchev–Trinajstić information content (AvgIpc) is 2.43. The summed E-state index contributed by atoms with van der Waals surface area (Å²) in [7, 11) is 0. The number of benzene rings is 2. The van der Waals surface area contributed by atoms with Gasteiger partial charge < -0.3 is 0 Å². The van der Waals surface area contributed by atoms with Crippen molar-refractivity contribution in [2.75, 3.05) is 12.4 Å². The van der Waals surface area contributed by atoms with E-state index in [-0.39, 0.29) is 0 Å². The molecule has 0 heterocycles. The molecule has 0 fully saturated rings. The van der Waals surface area contributed by atoms with Gasteiger partial charge in [-0.3, -0.25) is 4.90 Å². The van der Waals surface area contributed by atoms with Crippen molar-refractivity contribution in [2.24, 2.45) is 0 Å². The lowest BCUT2D eigenvalue weighted by Crippen LogP contribution is -2.25. The number of halogens is 3. The molecule has 0 unspecified atom stereocenters. The molecule has 0 saturated carbocycles. The summed E-state index contributed by atoms with van der Waals surface area (Å²) in [5.74, 6) is 0.595. The summed E-state index contributed by atoms with van der Waals surface area (Å²) < 4.78 is 0. The Morgan fingerprint density at radius 2 is 1.65 bits per heavy atom. The molecule has 0 aliphatic heterocycles. The van der Waals surface area contributed by atoms with Crippen LogP contribution in [0.1, 0.15) is 11.1 Å². The van der Waals surface area contributed by atoms with Gasteiger partial charge in [-0.05, 0) is 23.3 Å². The smallest absolute Gasteiger partial charge is 0.0465 e. The Kier molecular flexibility index (Phi) is 6.18. The van der Waals surface area contributed by atoms with Gasteiger partial charge in [0.05, 0.1) is 0 Å². The molecule has 1 nitrogen and oxygen atoms in total. The third-order valence-electron chi connectivity index (χ3n) is 3.06. The molecule has 0 amide bonds. The monoisotopic (exact) mass is 327 g/mol. The number of nitrogens with zero attached hydrogens (tertiary/aromatic N) is 1. The van der Waals surface area contributed by atoms with Gasteiger partial charge in [-0.2, -0.15) is 0 Å². The first-order chi connectivity index (χ1) is 9.69. The Bertz CT molecular complexity index is 543. The zero-order valence-corrected chi connectivity index (χ0v) is 13.3. The molecule has 0 radical (unpaired) electrons. The quantitative estimate of drug-likeness (QED) is 0.656. The number of hydrogen-bond donors (Lipinski definition) is 0. The lowest BCUT2D eigenvalue weighted by Gasteiger charge is -2.22. The third kappa shape index (κ3) is 4.68. The van der Waals surface area contributed by atoms with Crippen LogP contribution in [-0.2, 0) is 13.1 Å². The van der Waals surface area contributed by atoms with Gasteiger partial charge in [0.2, 0.25) is 0 Å². The molecule has 4 heteroatoms. The fourth-order valence-electron chi connectivity index (χ4n) is 2.07. The van der Waals surface area contributed by atoms with Crippen molar-refractivity contribution in [3.8, 4) is 0 Å². The molecule has 20 heavy (non-hydrogen) atoms. The van der Waals surface area contributed by atoms with Gasteiger partial charge in [0.15, 0.2) is 0 Å². The first-order valence-corrected chi connectivity index (χ1v) is 7.74. The van der Waals surface area contributed by atoms with E-state index in [9.17, 15) is 0 Å². The number of rotatable bonds is 6. The second-order valence-electron chi connectivity index (χ2n) is 4.62. The van der Waals surface area contributed by atoms with Crippen molar-refractivity contribution in [1.82, 2.24) is 4.90 Å². The highest BCUT2D eigenvalue weighted by atomic mass is 35.5. The molecular weight excluding hydrogens is 313 g/mol. The molecule has 0 bridgehead atoms. The zero-order chi connectivity index (χ0) is 14.4. The maximum atomic E-state index is 6.23. The lowest BCUT2D eigenvalue weighted by molar-refractivity contribution is 0.273. The minimum atomic E-state index is 0.595. The average molecular weight is 329 g/mol. The van der Waals surface area contributed by atoms with Crippen LogP contribution < -0.4 is 0 Å². The number of alkyl halides is 1. The molecule has 2 rings (SSSR count). The minimum absolute atomic E-state index is 0.595. The van der Waals surface area contributed by atoms with E-state index in [4.69, 9.17) is 34.8 Å². The summed E-state index contributed by atoms with van der Waals surface area (Å²) in [4.78, 5) is 2.28. The van der Waals surface area contributed by atoms with Crippen molar-refractivity contribution < 1.29 is 0 Å². The molecule has 0 saturated heterocycles. The van der Waals surface area contributed by atoms with Crippen molar-refractivity contribution in [1.29, 1.82) is 0 Å². The van der Waals surface area contributed by atoms with E-state index in [0.29, 0.717) is 15.9 Å². The summed E-state index contributed by atoms with van der Waals surface area (Å²) in [6.07, 6.45) is 0. The van der Waals surface area contributed by atoms with Gasteiger partial charge in [0.1, 0.15) is 0 Å². The fraction of sp³-hybridized carbons (Fsp3) is 0.250. The summed E-state index contributed by atoms with van der Waals surface area (Å²) in [6, 6.07) is 16.0. The highest BCUT2D eigenvalue weighted by Gasteiger charge is 2.09. The van der Waals surface area contributed by atoms with E-state index in [1.165, 1.54) is 5.56 Å². The second-order valence-corrected chi connectivity index (χ2v) is 5.84. The van der Waals surface area contributed by atoms with Crippen LogP contribution in [-0.4, -0.2) is 17.3 Å². The summed E-state index contributed by atoms with van der Waals surface area (Å²) in [5.41, 5.74) is 2.33. The van der Waals surface area contributed by atoms with E-state index in [1.54, 1.807) is 6.07 Å². The van der Waals surface area contributed by atoms with Crippen molar-refractivity contribution in [2.45, 2.75) is 13.1 Å². The third-order valence-corrected chi connectivity index (χ3v) is 3.81. The SMILES string of the molecule is ClCCN(Cc1ccccc1)Cc1ccc(Cl)cc1Cl. The second kappa shape index (κ2) is 7.90. The predicted molar refractivity (Wildman–Crippen MR) is 87.7 cm³/mol. The molecule has 0 spiro atoms. The summed E-state index contributed by atoms with van der Waals surface area (Å²) >= 11 is 18.1. The van der Waals surface area contributed by atoms with E-state index in [2.05, 4.69) is 17.0 Å². The Labute approximate surface area is 135 Å². The predicted octanol–water partition coefficient (Wildman–Crippen LogP) is 5.23. The van der Waals surface area contributed by atoms with E-state index in [0.717, 1.165) is 25.2 Å². The van der Waals surface area contributed by atoms with Crippen molar-refractivity contribution in [3.05, 3.63) is 69.7 Å². The largest absolute Gasteiger partial charge is 0.294 e. The Morgan fingerprint density at radius 3 is 2.30 bits per heavy atom. The van der Waals surface area contributed by atoms with Crippen LogP contribution in [0.2, 0.25) is 10.0 Å². The highest BCUT2D eigenvalue weighted by molar-refractivity contribution is 6.35. The van der Waals surface area contributed by atoms with Crippen LogP contribution in [0.15, 0.2) is 48.5 Å². The Morgan fingerprint density at radius 1 is 0.900 bits per heavy atom. The maximum Gasteiger partial charge on any atom is 0.0465 e. The first kappa shape index (κ1) is 15.7. The van der Waals surface area contributed by atoms with Gasteiger partial charge in [-0.15, -0.1) is 11.6 Å². The summed E-state index contributed by atoms with van der Waals surface area (Å²) in [6.45, 7) is 2.43. The highest BCUT2D eigenvalue weighted by Crippen LogP contribution is 2.23. The van der Waals surface area contributed by atoms with Gasteiger partial charge in [-0.25, -0.2) is 0 Å². The normalized spacial score (nSPS) is 11.0. The minimum Gasteiger partial charge on any atom is -0.294 e. The molecule has 0 atom stereocenters. The topological polar surface area (TPSA) is 3.24 Å². The molecular formula is C16H16Cl3N. The van der Waals surface area contributed by atoms with Crippen LogP contribution >= 0.6 is 34.8 Å². The maximum absolute atomic E-state index is 6.23. The number of hydrogen-bond acceptors (Lipinski definition) is 1. The van der Waals surface area contributed by atoms with Gasteiger partial charge in [0, 0.05) is 35.6 Å². The van der Waals surface area contributed by atoms with Crippen LogP contribution in [0.5, 0.6) is 0 Å². The van der Waals surface area contributed by atoms with E-state index < -0.39 is 0 Å². The van der Waals surface area contributed by atoms with Crippen LogP contribution in [0, 0.1) is 0 Å². The zero-order valence-electron chi connectivity index (χ0n) is 11.0. The molecule has 0 N–H and O–H groups in total. The molecule has 2 aromatic carbocycles. The van der Waals surface area contributed by atoms with Crippen LogP contribution in [0.4, 0.5) is 0 Å². The Balaban J connectivity index is 2.09. The van der Waals surface area contributed by atoms with Crippen LogP contribution in [0.25, 0.3) is 0 Å². The van der Waals surface area contributed by atoms with Gasteiger partial charge in [-0.1, -0.05) is 59.6 Å². The van der Waals surface area contributed by atoms with Gasteiger partial charge in [0.25, 0.3) is 0 Å². The first-order valence-electron chi connectivity index (χ1n) is 6.45. The molecule has 0 aromatic heterocycles. The molecule has 0 aliphatic rings. The molecule has 2 aromatic rings. The molecule has 106 valence electrons. The summed E-state index contributed by atoms with van der Waals surface area (Å²) in [5, 5.41) is 1.36. The van der Waals surface area contributed by atoms with E-state index in [1.807, 2.05) is 30.3 Å². The van der Waals surface area contributed by atoms with E-state index >= 15 is 0 Å².